The molecule has 3 aromatic rings. The van der Waals surface area contributed by atoms with Crippen molar-refractivity contribution in [3.63, 3.8) is 0 Å². The third-order valence-corrected chi connectivity index (χ3v) is 7.88. The lowest BCUT2D eigenvalue weighted by Crippen LogP contribution is -2.42. The molecule has 0 aliphatic carbocycles. The van der Waals surface area contributed by atoms with Crippen LogP contribution in [0, 0.1) is 0 Å². The van der Waals surface area contributed by atoms with E-state index < -0.39 is 21.8 Å². The van der Waals surface area contributed by atoms with Crippen LogP contribution in [-0.4, -0.2) is 26.0 Å². The second-order valence-electron chi connectivity index (χ2n) is 6.21. The Kier molecular flexibility index (Phi) is 7.97. The van der Waals surface area contributed by atoms with E-state index in [-0.39, 0.29) is 21.2 Å². The number of thiophene rings is 1. The van der Waals surface area contributed by atoms with Gasteiger partial charge >= 0.3 is 0 Å². The fourth-order valence-electron chi connectivity index (χ4n) is 2.50. The van der Waals surface area contributed by atoms with Gasteiger partial charge in [0, 0.05) is 10.8 Å². The summed E-state index contributed by atoms with van der Waals surface area (Å²) in [6, 6.07) is 16.6. The van der Waals surface area contributed by atoms with Crippen molar-refractivity contribution in [1.82, 2.24) is 10.9 Å². The summed E-state index contributed by atoms with van der Waals surface area (Å²) in [5, 5.41) is 2.27. The first kappa shape index (κ1) is 23.1. The van der Waals surface area contributed by atoms with Crippen LogP contribution in [0.15, 0.2) is 70.3 Å². The molecule has 0 fully saturated rings. The van der Waals surface area contributed by atoms with Crippen molar-refractivity contribution in [2.45, 2.75) is 9.96 Å². The minimum absolute atomic E-state index is 0.0783. The highest BCUT2D eigenvalue weighted by molar-refractivity contribution is 7.99. The van der Waals surface area contributed by atoms with Crippen LogP contribution in [0.1, 0.15) is 15.9 Å². The molecule has 0 aliphatic heterocycles. The van der Waals surface area contributed by atoms with Gasteiger partial charge in [0.05, 0.1) is 17.0 Å². The normalized spacial score (nSPS) is 11.0. The zero-order chi connectivity index (χ0) is 22.3. The number of hydrazine groups is 1. The van der Waals surface area contributed by atoms with Crippen molar-refractivity contribution in [3.05, 3.63) is 82.2 Å². The number of hydrogen-bond acceptors (Lipinski definition) is 6. The molecular formula is C20H18ClN3O4S3. The van der Waals surface area contributed by atoms with Gasteiger partial charge < -0.3 is 0 Å². The second-order valence-corrected chi connectivity index (χ2v) is 10.5. The van der Waals surface area contributed by atoms with Gasteiger partial charge in [0.25, 0.3) is 15.9 Å². The molecule has 0 spiro atoms. The predicted octanol–water partition coefficient (Wildman–Crippen LogP) is 3.90. The van der Waals surface area contributed by atoms with Crippen LogP contribution >= 0.6 is 34.7 Å². The zero-order valence-electron chi connectivity index (χ0n) is 16.0. The van der Waals surface area contributed by atoms with Gasteiger partial charge in [-0.2, -0.15) is 0 Å². The maximum absolute atomic E-state index is 12.5. The minimum Gasteiger partial charge on any atom is -0.278 e. The van der Waals surface area contributed by atoms with Gasteiger partial charge in [-0.25, -0.2) is 8.42 Å². The molecule has 162 valence electrons. The smallest absolute Gasteiger partial charge is 0.271 e. The first-order chi connectivity index (χ1) is 14.8. The first-order valence-corrected chi connectivity index (χ1v) is 12.8. The maximum atomic E-state index is 12.5. The predicted molar refractivity (Wildman–Crippen MR) is 125 cm³/mol. The average Bonchev–Trinajstić information content (AvgIpc) is 3.28. The SMILES string of the molecule is O=C(CSCc1cccc(Cl)c1)NNC(=O)c1ccccc1NS(=O)(=O)c1cccs1. The highest BCUT2D eigenvalue weighted by Gasteiger charge is 2.19. The summed E-state index contributed by atoms with van der Waals surface area (Å²) >= 11 is 8.37. The molecule has 2 aromatic carbocycles. The Hall–Kier alpha value is -2.53. The molecule has 11 heteroatoms. The standard InChI is InChI=1S/C20H18ClN3O4S3/c21-15-6-3-5-14(11-15)12-29-13-18(25)22-23-20(26)16-7-1-2-8-17(16)24-31(27,28)19-9-4-10-30-19/h1-11,24H,12-13H2,(H,22,25)(H,23,26). The highest BCUT2D eigenvalue weighted by atomic mass is 35.5. The van der Waals surface area contributed by atoms with E-state index in [4.69, 9.17) is 11.6 Å². The fraction of sp³-hybridized carbons (Fsp3) is 0.100. The Morgan fingerprint density at radius 1 is 1.00 bits per heavy atom. The van der Waals surface area contributed by atoms with Gasteiger partial charge in [-0.15, -0.1) is 23.1 Å². The Morgan fingerprint density at radius 2 is 1.81 bits per heavy atom. The number of rotatable bonds is 8. The first-order valence-electron chi connectivity index (χ1n) is 8.92. The summed E-state index contributed by atoms with van der Waals surface area (Å²) in [6.45, 7) is 0. The van der Waals surface area contributed by atoms with Gasteiger partial charge in [0.2, 0.25) is 5.91 Å². The average molecular weight is 496 g/mol. The van der Waals surface area contributed by atoms with E-state index in [1.54, 1.807) is 29.6 Å². The molecule has 7 nitrogen and oxygen atoms in total. The second kappa shape index (κ2) is 10.7. The molecule has 0 saturated heterocycles. The van der Waals surface area contributed by atoms with Crippen molar-refractivity contribution < 1.29 is 18.0 Å². The van der Waals surface area contributed by atoms with Gasteiger partial charge in [0.15, 0.2) is 0 Å². The van der Waals surface area contributed by atoms with E-state index in [1.165, 1.54) is 30.0 Å². The number of anilines is 1. The van der Waals surface area contributed by atoms with E-state index >= 15 is 0 Å². The molecule has 1 aromatic heterocycles. The minimum atomic E-state index is -3.81. The molecule has 0 atom stereocenters. The largest absolute Gasteiger partial charge is 0.278 e. The zero-order valence-corrected chi connectivity index (χ0v) is 19.2. The summed E-state index contributed by atoms with van der Waals surface area (Å²) in [7, 11) is -3.81. The van der Waals surface area contributed by atoms with Crippen LogP contribution in [0.2, 0.25) is 5.02 Å². The number of sulfonamides is 1. The number of hydrogen-bond donors (Lipinski definition) is 3. The van der Waals surface area contributed by atoms with Crippen LogP contribution in [0.5, 0.6) is 0 Å². The topological polar surface area (TPSA) is 104 Å². The van der Waals surface area contributed by atoms with Gasteiger partial charge in [-0.3, -0.25) is 25.2 Å². The molecule has 2 amide bonds. The number of carbonyl (C=O) groups excluding carboxylic acids is 2. The molecule has 3 N–H and O–H groups in total. The number of halogens is 1. The molecule has 0 radical (unpaired) electrons. The molecule has 0 unspecified atom stereocenters. The summed E-state index contributed by atoms with van der Waals surface area (Å²) < 4.78 is 27.4. The van der Waals surface area contributed by atoms with Gasteiger partial charge in [-0.1, -0.05) is 41.9 Å². The van der Waals surface area contributed by atoms with Crippen molar-refractivity contribution in [2.75, 3.05) is 10.5 Å². The van der Waals surface area contributed by atoms with Gasteiger partial charge in [0.1, 0.15) is 4.21 Å². The summed E-state index contributed by atoms with van der Waals surface area (Å²) in [4.78, 5) is 24.5. The molecule has 0 saturated carbocycles. The maximum Gasteiger partial charge on any atom is 0.271 e. The van der Waals surface area contributed by atoms with Crippen LogP contribution in [0.3, 0.4) is 0 Å². The van der Waals surface area contributed by atoms with Crippen molar-refractivity contribution in [1.29, 1.82) is 0 Å². The Morgan fingerprint density at radius 3 is 2.55 bits per heavy atom. The van der Waals surface area contributed by atoms with Crippen molar-refractivity contribution >= 4 is 62.2 Å². The fourth-order valence-corrected chi connectivity index (χ4v) is 5.56. The summed E-state index contributed by atoms with van der Waals surface area (Å²) in [6.07, 6.45) is 0. The summed E-state index contributed by atoms with van der Waals surface area (Å²) in [5.41, 5.74) is 5.82. The molecule has 0 aliphatic rings. The van der Waals surface area contributed by atoms with Crippen LogP contribution in [-0.2, 0) is 20.6 Å². The van der Waals surface area contributed by atoms with E-state index in [2.05, 4.69) is 15.6 Å². The monoisotopic (exact) mass is 495 g/mol. The number of thioether (sulfide) groups is 1. The third-order valence-electron chi connectivity index (χ3n) is 3.88. The third kappa shape index (κ3) is 6.73. The van der Waals surface area contributed by atoms with E-state index in [9.17, 15) is 18.0 Å². The molecule has 0 bridgehead atoms. The van der Waals surface area contributed by atoms with E-state index in [0.717, 1.165) is 16.9 Å². The van der Waals surface area contributed by atoms with E-state index in [0.29, 0.717) is 10.8 Å². The van der Waals surface area contributed by atoms with Gasteiger partial charge in [-0.05, 0) is 41.3 Å². The summed E-state index contributed by atoms with van der Waals surface area (Å²) in [5.74, 6) is -0.316. The lowest BCUT2D eigenvalue weighted by molar-refractivity contribution is -0.119. The Balaban J connectivity index is 1.54. The highest BCUT2D eigenvalue weighted by Crippen LogP contribution is 2.23. The molecule has 1 heterocycles. The number of nitrogens with one attached hydrogen (secondary N) is 3. The lowest BCUT2D eigenvalue weighted by atomic mass is 10.2. The van der Waals surface area contributed by atoms with E-state index in [1.807, 2.05) is 18.2 Å². The number of benzene rings is 2. The molecule has 31 heavy (non-hydrogen) atoms. The quantitative estimate of drug-likeness (QED) is 0.411. The van der Waals surface area contributed by atoms with Crippen LogP contribution < -0.4 is 15.6 Å². The molecule has 3 rings (SSSR count). The lowest BCUT2D eigenvalue weighted by Gasteiger charge is -2.12. The van der Waals surface area contributed by atoms with Crippen molar-refractivity contribution in [3.8, 4) is 0 Å². The van der Waals surface area contributed by atoms with Crippen LogP contribution in [0.25, 0.3) is 0 Å². The Labute approximate surface area is 193 Å². The molecular weight excluding hydrogens is 478 g/mol. The Bertz CT molecular complexity index is 1170. The number of amides is 2. The number of para-hydroxylation sites is 1. The van der Waals surface area contributed by atoms with Crippen LogP contribution in [0.4, 0.5) is 5.69 Å². The number of carbonyl (C=O) groups is 2. The van der Waals surface area contributed by atoms with Crippen molar-refractivity contribution in [2.24, 2.45) is 0 Å².